The largest absolute Gasteiger partial charge is 0.369 e. The van der Waals surface area contributed by atoms with Crippen molar-refractivity contribution in [1.82, 2.24) is 0 Å². The van der Waals surface area contributed by atoms with Crippen LogP contribution >= 0.6 is 22.6 Å². The summed E-state index contributed by atoms with van der Waals surface area (Å²) in [6.07, 6.45) is 4.66. The third kappa shape index (κ3) is 2.32. The number of amides is 1. The summed E-state index contributed by atoms with van der Waals surface area (Å²) in [6.45, 7) is 0. The average molecular weight is 267 g/mol. The van der Waals surface area contributed by atoms with E-state index in [0.29, 0.717) is 5.92 Å². The van der Waals surface area contributed by atoms with Crippen LogP contribution in [0.3, 0.4) is 0 Å². The molecule has 0 aromatic rings. The van der Waals surface area contributed by atoms with Gasteiger partial charge in [-0.05, 0) is 18.8 Å². The minimum absolute atomic E-state index is 0.0913. The monoisotopic (exact) mass is 267 g/mol. The first-order valence-corrected chi connectivity index (χ1v) is 5.63. The molecule has 2 nitrogen and oxygen atoms in total. The van der Waals surface area contributed by atoms with Crippen molar-refractivity contribution >= 4 is 28.5 Å². The lowest BCUT2D eigenvalue weighted by molar-refractivity contribution is -0.124. The molecule has 2 unspecified atom stereocenters. The second kappa shape index (κ2) is 4.28. The van der Waals surface area contributed by atoms with E-state index in [0.717, 1.165) is 10.8 Å². The van der Waals surface area contributed by atoms with Gasteiger partial charge in [0.2, 0.25) is 5.91 Å². The van der Waals surface area contributed by atoms with Gasteiger partial charge in [0.05, 0.1) is 0 Å². The SMILES string of the molecule is NC(=O)C1CCCCC1CI. The van der Waals surface area contributed by atoms with Gasteiger partial charge in [0.1, 0.15) is 0 Å². The van der Waals surface area contributed by atoms with Crippen LogP contribution in [0.15, 0.2) is 0 Å². The zero-order valence-electron chi connectivity index (χ0n) is 6.55. The second-order valence-electron chi connectivity index (χ2n) is 3.21. The summed E-state index contributed by atoms with van der Waals surface area (Å²) in [5.74, 6) is 0.633. The van der Waals surface area contributed by atoms with E-state index in [1.807, 2.05) is 0 Å². The van der Waals surface area contributed by atoms with Gasteiger partial charge < -0.3 is 5.73 Å². The van der Waals surface area contributed by atoms with Crippen LogP contribution in [0.5, 0.6) is 0 Å². The topological polar surface area (TPSA) is 43.1 Å². The van der Waals surface area contributed by atoms with Crippen molar-refractivity contribution < 1.29 is 4.79 Å². The van der Waals surface area contributed by atoms with Crippen LogP contribution in [0.25, 0.3) is 0 Å². The predicted octanol–water partition coefficient (Wildman–Crippen LogP) is 1.71. The fourth-order valence-electron chi connectivity index (χ4n) is 1.77. The molecule has 1 saturated carbocycles. The van der Waals surface area contributed by atoms with Crippen molar-refractivity contribution in [3.05, 3.63) is 0 Å². The number of rotatable bonds is 2. The minimum Gasteiger partial charge on any atom is -0.369 e. The third-order valence-corrected chi connectivity index (χ3v) is 3.60. The van der Waals surface area contributed by atoms with Crippen molar-refractivity contribution in [2.45, 2.75) is 25.7 Å². The predicted molar refractivity (Wildman–Crippen MR) is 53.5 cm³/mol. The van der Waals surface area contributed by atoms with Gasteiger partial charge in [-0.2, -0.15) is 0 Å². The van der Waals surface area contributed by atoms with Crippen LogP contribution in [0, 0.1) is 11.8 Å². The summed E-state index contributed by atoms with van der Waals surface area (Å²) in [5, 5.41) is 0. The fourth-order valence-corrected chi connectivity index (χ4v) is 2.82. The Labute approximate surface area is 81.1 Å². The fraction of sp³-hybridized carbons (Fsp3) is 0.875. The molecule has 64 valence electrons. The molecule has 0 aromatic carbocycles. The molecule has 2 atom stereocenters. The van der Waals surface area contributed by atoms with E-state index < -0.39 is 0 Å². The highest BCUT2D eigenvalue weighted by atomic mass is 127. The number of carbonyl (C=O) groups excluding carboxylic acids is 1. The smallest absolute Gasteiger partial charge is 0.220 e. The average Bonchev–Trinajstić information content (AvgIpc) is 2.04. The van der Waals surface area contributed by atoms with Gasteiger partial charge in [0.15, 0.2) is 0 Å². The van der Waals surface area contributed by atoms with E-state index >= 15 is 0 Å². The van der Waals surface area contributed by atoms with Crippen LogP contribution in [-0.2, 0) is 4.79 Å². The third-order valence-electron chi connectivity index (χ3n) is 2.47. The molecular formula is C8H14INO. The van der Waals surface area contributed by atoms with Crippen LogP contribution in [-0.4, -0.2) is 10.3 Å². The first-order valence-electron chi connectivity index (χ1n) is 4.11. The Kier molecular flexibility index (Phi) is 3.62. The molecule has 0 bridgehead atoms. The van der Waals surface area contributed by atoms with Gasteiger partial charge in [0, 0.05) is 10.3 Å². The lowest BCUT2D eigenvalue weighted by atomic mass is 9.80. The van der Waals surface area contributed by atoms with Crippen molar-refractivity contribution in [2.24, 2.45) is 17.6 Å². The summed E-state index contributed by atoms with van der Waals surface area (Å²) >= 11 is 2.35. The van der Waals surface area contributed by atoms with Crippen LogP contribution in [0.2, 0.25) is 0 Å². The van der Waals surface area contributed by atoms with Crippen molar-refractivity contribution in [1.29, 1.82) is 0 Å². The quantitative estimate of drug-likeness (QED) is 0.600. The van der Waals surface area contributed by atoms with Gasteiger partial charge in [-0.3, -0.25) is 4.79 Å². The van der Waals surface area contributed by atoms with Gasteiger partial charge in [0.25, 0.3) is 0 Å². The highest BCUT2D eigenvalue weighted by Gasteiger charge is 2.27. The van der Waals surface area contributed by atoms with E-state index in [2.05, 4.69) is 22.6 Å². The molecule has 1 rings (SSSR count). The lowest BCUT2D eigenvalue weighted by Gasteiger charge is -2.27. The number of alkyl halides is 1. The highest BCUT2D eigenvalue weighted by molar-refractivity contribution is 14.1. The Morgan fingerprint density at radius 2 is 2.09 bits per heavy atom. The highest BCUT2D eigenvalue weighted by Crippen LogP contribution is 2.30. The molecule has 0 radical (unpaired) electrons. The molecule has 3 heteroatoms. The normalized spacial score (nSPS) is 31.7. The number of nitrogens with two attached hydrogens (primary N) is 1. The molecule has 0 saturated heterocycles. The molecule has 0 aromatic heterocycles. The molecule has 1 aliphatic carbocycles. The second-order valence-corrected chi connectivity index (χ2v) is 4.09. The van der Waals surface area contributed by atoms with Crippen LogP contribution < -0.4 is 5.73 Å². The molecule has 0 aliphatic heterocycles. The van der Waals surface area contributed by atoms with E-state index in [-0.39, 0.29) is 11.8 Å². The van der Waals surface area contributed by atoms with Crippen molar-refractivity contribution in [3.8, 4) is 0 Å². The first-order chi connectivity index (χ1) is 5.25. The maximum atomic E-state index is 10.9. The van der Waals surface area contributed by atoms with E-state index in [9.17, 15) is 4.79 Å². The number of carbonyl (C=O) groups is 1. The number of hydrogen-bond acceptors (Lipinski definition) is 1. The van der Waals surface area contributed by atoms with Gasteiger partial charge >= 0.3 is 0 Å². The molecule has 0 spiro atoms. The molecule has 0 heterocycles. The van der Waals surface area contributed by atoms with E-state index in [1.54, 1.807) is 0 Å². The van der Waals surface area contributed by atoms with Gasteiger partial charge in [-0.1, -0.05) is 35.4 Å². The zero-order chi connectivity index (χ0) is 8.27. The zero-order valence-corrected chi connectivity index (χ0v) is 8.71. The summed E-state index contributed by atoms with van der Waals surface area (Å²) in [4.78, 5) is 10.9. The van der Waals surface area contributed by atoms with E-state index in [1.165, 1.54) is 19.3 Å². The van der Waals surface area contributed by atoms with Crippen LogP contribution in [0.1, 0.15) is 25.7 Å². The number of hydrogen-bond donors (Lipinski definition) is 1. The van der Waals surface area contributed by atoms with Crippen LogP contribution in [0.4, 0.5) is 0 Å². The summed E-state index contributed by atoms with van der Waals surface area (Å²) < 4.78 is 1.07. The lowest BCUT2D eigenvalue weighted by Crippen LogP contribution is -2.33. The summed E-state index contributed by atoms with van der Waals surface area (Å²) in [7, 11) is 0. The number of primary amides is 1. The standard InChI is InChI=1S/C8H14INO/c9-5-6-3-1-2-4-7(6)8(10)11/h6-7H,1-5H2,(H2,10,11). The Bertz CT molecular complexity index is 149. The van der Waals surface area contributed by atoms with Gasteiger partial charge in [-0.15, -0.1) is 0 Å². The Balaban J connectivity index is 2.51. The first kappa shape index (κ1) is 9.29. The number of halogens is 1. The summed E-state index contributed by atoms with van der Waals surface area (Å²) in [5.41, 5.74) is 5.29. The summed E-state index contributed by atoms with van der Waals surface area (Å²) in [6, 6.07) is 0. The molecule has 1 amide bonds. The molecule has 11 heavy (non-hydrogen) atoms. The van der Waals surface area contributed by atoms with Crippen molar-refractivity contribution in [3.63, 3.8) is 0 Å². The Morgan fingerprint density at radius 3 is 2.55 bits per heavy atom. The van der Waals surface area contributed by atoms with Crippen molar-refractivity contribution in [2.75, 3.05) is 4.43 Å². The Hall–Kier alpha value is 0.200. The Morgan fingerprint density at radius 1 is 1.45 bits per heavy atom. The molecule has 1 fully saturated rings. The molecular weight excluding hydrogens is 253 g/mol. The van der Waals surface area contributed by atoms with Gasteiger partial charge in [-0.25, -0.2) is 0 Å². The maximum Gasteiger partial charge on any atom is 0.220 e. The molecule has 2 N–H and O–H groups in total. The minimum atomic E-state index is -0.0913. The van der Waals surface area contributed by atoms with E-state index in [4.69, 9.17) is 5.73 Å². The molecule has 1 aliphatic rings. The maximum absolute atomic E-state index is 10.9.